The van der Waals surface area contributed by atoms with Gasteiger partial charge >= 0.3 is 0 Å². The van der Waals surface area contributed by atoms with Gasteiger partial charge in [0.25, 0.3) is 0 Å². The first-order chi connectivity index (χ1) is 9.25. The summed E-state index contributed by atoms with van der Waals surface area (Å²) in [4.78, 5) is 0. The van der Waals surface area contributed by atoms with Gasteiger partial charge in [0, 0.05) is 5.39 Å². The van der Waals surface area contributed by atoms with E-state index in [0.29, 0.717) is 5.69 Å². The number of fused-ring (bicyclic) bond motifs is 1. The number of hydrogen-bond donors (Lipinski definition) is 1. The molecule has 19 heavy (non-hydrogen) atoms. The Hall–Kier alpha value is -2.48. The number of benzene rings is 3. The Balaban J connectivity index is 2.11. The van der Waals surface area contributed by atoms with Crippen LogP contribution < -0.4 is 10.5 Å². The topological polar surface area (TPSA) is 35.2 Å². The number of nitrogens with two attached hydrogens (primary N) is 1. The summed E-state index contributed by atoms with van der Waals surface area (Å²) in [7, 11) is 0. The monoisotopic (exact) mass is 249 g/mol. The van der Waals surface area contributed by atoms with Crippen LogP contribution in [0.3, 0.4) is 0 Å². The van der Waals surface area contributed by atoms with E-state index in [4.69, 9.17) is 10.5 Å². The zero-order valence-corrected chi connectivity index (χ0v) is 10.8. The number of anilines is 1. The lowest BCUT2D eigenvalue weighted by molar-refractivity contribution is 0.487. The number of rotatable bonds is 2. The van der Waals surface area contributed by atoms with E-state index in [-0.39, 0.29) is 0 Å². The zero-order valence-electron chi connectivity index (χ0n) is 10.8. The van der Waals surface area contributed by atoms with Gasteiger partial charge in [-0.2, -0.15) is 0 Å². The lowest BCUT2D eigenvalue weighted by atomic mass is 10.1. The molecule has 0 heterocycles. The summed E-state index contributed by atoms with van der Waals surface area (Å²) in [6, 6.07) is 20.0. The van der Waals surface area contributed by atoms with Gasteiger partial charge in [0.15, 0.2) is 5.75 Å². The molecule has 0 aliphatic rings. The number of para-hydroxylation sites is 1. The molecule has 2 heteroatoms. The summed E-state index contributed by atoms with van der Waals surface area (Å²) >= 11 is 0. The second kappa shape index (κ2) is 4.65. The third-order valence-corrected chi connectivity index (χ3v) is 3.20. The SMILES string of the molecule is Cc1cccc(N)c1Oc1cccc2ccccc12. The molecule has 94 valence electrons. The summed E-state index contributed by atoms with van der Waals surface area (Å²) in [5.74, 6) is 1.57. The van der Waals surface area contributed by atoms with E-state index >= 15 is 0 Å². The maximum absolute atomic E-state index is 6.03. The lowest BCUT2D eigenvalue weighted by Crippen LogP contribution is -1.94. The Bertz CT molecular complexity index is 709. The third kappa shape index (κ3) is 2.13. The van der Waals surface area contributed by atoms with E-state index in [0.717, 1.165) is 27.8 Å². The van der Waals surface area contributed by atoms with Crippen LogP contribution in [0.1, 0.15) is 5.56 Å². The van der Waals surface area contributed by atoms with Gasteiger partial charge in [0.05, 0.1) is 5.69 Å². The van der Waals surface area contributed by atoms with Crippen LogP contribution in [0.5, 0.6) is 11.5 Å². The molecule has 0 saturated carbocycles. The highest BCUT2D eigenvalue weighted by Gasteiger charge is 2.07. The predicted octanol–water partition coefficient (Wildman–Crippen LogP) is 4.52. The van der Waals surface area contributed by atoms with E-state index in [9.17, 15) is 0 Å². The summed E-state index contributed by atoms with van der Waals surface area (Å²) in [6.45, 7) is 2.00. The summed E-state index contributed by atoms with van der Waals surface area (Å²) in [5, 5.41) is 2.25. The van der Waals surface area contributed by atoms with Crippen molar-refractivity contribution in [1.82, 2.24) is 0 Å². The van der Waals surface area contributed by atoms with Gasteiger partial charge in [-0.1, -0.05) is 48.5 Å². The molecule has 2 N–H and O–H groups in total. The standard InChI is InChI=1S/C17H15NO/c1-12-6-4-10-15(18)17(12)19-16-11-5-8-13-7-2-3-9-14(13)16/h2-11H,18H2,1H3. The van der Waals surface area contributed by atoms with E-state index in [1.807, 2.05) is 49.4 Å². The van der Waals surface area contributed by atoms with Gasteiger partial charge in [-0.25, -0.2) is 0 Å². The van der Waals surface area contributed by atoms with Gasteiger partial charge < -0.3 is 10.5 Å². The molecule has 2 nitrogen and oxygen atoms in total. The van der Waals surface area contributed by atoms with Crippen molar-refractivity contribution in [3.8, 4) is 11.5 Å². The van der Waals surface area contributed by atoms with Crippen molar-refractivity contribution in [3.63, 3.8) is 0 Å². The molecule has 0 amide bonds. The van der Waals surface area contributed by atoms with E-state index in [1.165, 1.54) is 0 Å². The van der Waals surface area contributed by atoms with Gasteiger partial charge in [-0.05, 0) is 30.0 Å². The van der Waals surface area contributed by atoms with Crippen molar-refractivity contribution in [2.24, 2.45) is 0 Å². The second-order valence-electron chi connectivity index (χ2n) is 4.57. The fourth-order valence-electron chi connectivity index (χ4n) is 2.21. The number of hydrogen-bond acceptors (Lipinski definition) is 2. The molecule has 0 unspecified atom stereocenters. The van der Waals surface area contributed by atoms with Crippen LogP contribution in [0, 0.1) is 6.92 Å². The van der Waals surface area contributed by atoms with Gasteiger partial charge in [0.1, 0.15) is 5.75 Å². The molecular formula is C17H15NO. The Kier molecular flexibility index (Phi) is 2.84. The molecule has 0 radical (unpaired) electrons. The molecule has 3 aromatic rings. The van der Waals surface area contributed by atoms with Crippen molar-refractivity contribution < 1.29 is 4.74 Å². The minimum absolute atomic E-state index is 0.660. The molecule has 0 aliphatic heterocycles. The Labute approximate surface area is 112 Å². The minimum atomic E-state index is 0.660. The van der Waals surface area contributed by atoms with Gasteiger partial charge in [-0.3, -0.25) is 0 Å². The smallest absolute Gasteiger partial charge is 0.153 e. The quantitative estimate of drug-likeness (QED) is 0.677. The maximum atomic E-state index is 6.03. The maximum Gasteiger partial charge on any atom is 0.153 e. The van der Waals surface area contributed by atoms with Crippen molar-refractivity contribution in [2.45, 2.75) is 6.92 Å². The van der Waals surface area contributed by atoms with E-state index < -0.39 is 0 Å². The van der Waals surface area contributed by atoms with Crippen LogP contribution in [0.2, 0.25) is 0 Å². The predicted molar refractivity (Wildman–Crippen MR) is 79.6 cm³/mol. The fraction of sp³-hybridized carbons (Fsp3) is 0.0588. The Morgan fingerprint density at radius 3 is 2.42 bits per heavy atom. The Morgan fingerprint density at radius 1 is 0.842 bits per heavy atom. The van der Waals surface area contributed by atoms with Crippen LogP contribution in [0.15, 0.2) is 60.7 Å². The molecule has 0 fully saturated rings. The van der Waals surface area contributed by atoms with Crippen LogP contribution in [-0.2, 0) is 0 Å². The fourth-order valence-corrected chi connectivity index (χ4v) is 2.21. The molecule has 0 atom stereocenters. The average molecular weight is 249 g/mol. The summed E-state index contributed by atoms with van der Waals surface area (Å²) in [6.07, 6.45) is 0. The molecular weight excluding hydrogens is 234 g/mol. The summed E-state index contributed by atoms with van der Waals surface area (Å²) in [5.41, 5.74) is 7.68. The van der Waals surface area contributed by atoms with Crippen molar-refractivity contribution >= 4 is 16.5 Å². The molecule has 0 aliphatic carbocycles. The molecule has 0 spiro atoms. The van der Waals surface area contributed by atoms with Crippen LogP contribution in [0.4, 0.5) is 5.69 Å². The van der Waals surface area contributed by atoms with Crippen LogP contribution >= 0.6 is 0 Å². The molecule has 0 aromatic heterocycles. The van der Waals surface area contributed by atoms with Crippen molar-refractivity contribution in [2.75, 3.05) is 5.73 Å². The number of ether oxygens (including phenoxy) is 1. The average Bonchev–Trinajstić information content (AvgIpc) is 2.43. The first kappa shape index (κ1) is 11.6. The highest BCUT2D eigenvalue weighted by atomic mass is 16.5. The largest absolute Gasteiger partial charge is 0.454 e. The highest BCUT2D eigenvalue weighted by molar-refractivity contribution is 5.88. The first-order valence-electron chi connectivity index (χ1n) is 6.26. The summed E-state index contributed by atoms with van der Waals surface area (Å²) < 4.78 is 6.03. The first-order valence-corrected chi connectivity index (χ1v) is 6.26. The van der Waals surface area contributed by atoms with Gasteiger partial charge in [-0.15, -0.1) is 0 Å². The van der Waals surface area contributed by atoms with Gasteiger partial charge in [0.2, 0.25) is 0 Å². The van der Waals surface area contributed by atoms with E-state index in [2.05, 4.69) is 18.2 Å². The van der Waals surface area contributed by atoms with Crippen molar-refractivity contribution in [1.29, 1.82) is 0 Å². The van der Waals surface area contributed by atoms with Crippen LogP contribution in [0.25, 0.3) is 10.8 Å². The van der Waals surface area contributed by atoms with Crippen LogP contribution in [-0.4, -0.2) is 0 Å². The molecule has 3 aromatic carbocycles. The zero-order chi connectivity index (χ0) is 13.2. The third-order valence-electron chi connectivity index (χ3n) is 3.20. The normalized spacial score (nSPS) is 10.6. The minimum Gasteiger partial charge on any atom is -0.454 e. The number of nitrogen functional groups attached to an aromatic ring is 1. The second-order valence-corrected chi connectivity index (χ2v) is 4.57. The molecule has 0 bridgehead atoms. The van der Waals surface area contributed by atoms with Crippen molar-refractivity contribution in [3.05, 3.63) is 66.2 Å². The molecule has 3 rings (SSSR count). The lowest BCUT2D eigenvalue weighted by Gasteiger charge is -2.13. The highest BCUT2D eigenvalue weighted by Crippen LogP contribution is 2.34. The molecule has 0 saturated heterocycles. The Morgan fingerprint density at radius 2 is 1.58 bits per heavy atom. The van der Waals surface area contributed by atoms with E-state index in [1.54, 1.807) is 0 Å². The number of aryl methyl sites for hydroxylation is 1.